The molecule has 0 atom stereocenters. The van der Waals surface area contributed by atoms with Crippen molar-refractivity contribution in [1.82, 2.24) is 9.88 Å². The van der Waals surface area contributed by atoms with Crippen molar-refractivity contribution in [3.8, 4) is 0 Å². The van der Waals surface area contributed by atoms with E-state index in [-0.39, 0.29) is 11.8 Å². The molecule has 0 aliphatic carbocycles. The number of hydrogen-bond donors (Lipinski definition) is 1. The van der Waals surface area contributed by atoms with Crippen LogP contribution in [0.4, 0.5) is 5.82 Å². The smallest absolute Gasteiger partial charge is 0.254 e. The van der Waals surface area contributed by atoms with E-state index in [9.17, 15) is 4.79 Å². The molecule has 0 aliphatic rings. The average Bonchev–Trinajstić information content (AvgIpc) is 2.98. The summed E-state index contributed by atoms with van der Waals surface area (Å²) in [6, 6.07) is 5.73. The number of amides is 1. The number of thiophene rings is 1. The Morgan fingerprint density at radius 2 is 2.19 bits per heavy atom. The van der Waals surface area contributed by atoms with E-state index in [2.05, 4.69) is 29.5 Å². The van der Waals surface area contributed by atoms with E-state index in [1.807, 2.05) is 31.6 Å². The van der Waals surface area contributed by atoms with Crippen LogP contribution in [0.1, 0.15) is 41.4 Å². The molecule has 0 saturated carbocycles. The summed E-state index contributed by atoms with van der Waals surface area (Å²) < 4.78 is 0. The van der Waals surface area contributed by atoms with E-state index in [1.165, 1.54) is 0 Å². The molecule has 2 heterocycles. The third-order valence-corrected chi connectivity index (χ3v) is 4.02. The van der Waals surface area contributed by atoms with Crippen molar-refractivity contribution < 1.29 is 4.79 Å². The third-order valence-electron chi connectivity index (χ3n) is 3.29. The maximum atomic E-state index is 12.6. The Balaban J connectivity index is 2.23. The lowest BCUT2D eigenvalue weighted by atomic mass is 10.1. The predicted octanol–water partition coefficient (Wildman–Crippen LogP) is 3.58. The SMILES string of the molecule is CNc1cc(C(=O)N(C)Cc2ccsc2)cc(C(C)C)n1. The van der Waals surface area contributed by atoms with Gasteiger partial charge in [0.15, 0.2) is 0 Å². The number of pyridine rings is 1. The van der Waals surface area contributed by atoms with Gasteiger partial charge >= 0.3 is 0 Å². The number of carbonyl (C=O) groups excluding carboxylic acids is 1. The first-order valence-corrected chi connectivity index (χ1v) is 7.91. The van der Waals surface area contributed by atoms with Gasteiger partial charge in [0.25, 0.3) is 5.91 Å². The van der Waals surface area contributed by atoms with Gasteiger partial charge in [0.2, 0.25) is 0 Å². The molecule has 112 valence electrons. The van der Waals surface area contributed by atoms with Gasteiger partial charge in [-0.05, 0) is 40.4 Å². The minimum absolute atomic E-state index is 0.0157. The zero-order valence-corrected chi connectivity index (χ0v) is 13.7. The molecule has 2 rings (SSSR count). The first-order chi connectivity index (χ1) is 10.0. The van der Waals surface area contributed by atoms with Crippen molar-refractivity contribution in [2.24, 2.45) is 0 Å². The highest BCUT2D eigenvalue weighted by molar-refractivity contribution is 7.07. The first-order valence-electron chi connectivity index (χ1n) is 6.97. The monoisotopic (exact) mass is 303 g/mol. The Kier molecular flexibility index (Phi) is 4.96. The van der Waals surface area contributed by atoms with Crippen LogP contribution in [-0.2, 0) is 6.54 Å². The maximum Gasteiger partial charge on any atom is 0.254 e. The zero-order valence-electron chi connectivity index (χ0n) is 12.9. The number of hydrogen-bond acceptors (Lipinski definition) is 4. The molecule has 0 radical (unpaired) electrons. The molecule has 0 spiro atoms. The van der Waals surface area contributed by atoms with Crippen LogP contribution >= 0.6 is 11.3 Å². The molecule has 2 aromatic heterocycles. The summed E-state index contributed by atoms with van der Waals surface area (Å²) in [5.74, 6) is 1.03. The Hall–Kier alpha value is -1.88. The lowest BCUT2D eigenvalue weighted by Crippen LogP contribution is -2.26. The molecule has 0 unspecified atom stereocenters. The number of carbonyl (C=O) groups is 1. The zero-order chi connectivity index (χ0) is 15.4. The van der Waals surface area contributed by atoms with Crippen LogP contribution < -0.4 is 5.32 Å². The Morgan fingerprint density at radius 3 is 2.76 bits per heavy atom. The van der Waals surface area contributed by atoms with E-state index < -0.39 is 0 Å². The molecule has 0 aromatic carbocycles. The second-order valence-electron chi connectivity index (χ2n) is 5.36. The summed E-state index contributed by atoms with van der Waals surface area (Å²) in [6.45, 7) is 4.77. The van der Waals surface area contributed by atoms with E-state index in [0.29, 0.717) is 12.1 Å². The van der Waals surface area contributed by atoms with Crippen LogP contribution in [-0.4, -0.2) is 29.9 Å². The van der Waals surface area contributed by atoms with Crippen LogP contribution in [0, 0.1) is 0 Å². The van der Waals surface area contributed by atoms with E-state index in [4.69, 9.17) is 0 Å². The molecular weight excluding hydrogens is 282 g/mol. The van der Waals surface area contributed by atoms with Gasteiger partial charge in [-0.3, -0.25) is 4.79 Å². The van der Waals surface area contributed by atoms with Crippen molar-refractivity contribution in [3.63, 3.8) is 0 Å². The molecule has 21 heavy (non-hydrogen) atoms. The normalized spacial score (nSPS) is 10.7. The first kappa shape index (κ1) is 15.5. The van der Waals surface area contributed by atoms with Crippen molar-refractivity contribution in [2.75, 3.05) is 19.4 Å². The van der Waals surface area contributed by atoms with Gasteiger partial charge in [-0.25, -0.2) is 4.98 Å². The summed E-state index contributed by atoms with van der Waals surface area (Å²) in [4.78, 5) is 18.8. The van der Waals surface area contributed by atoms with Crippen LogP contribution in [0.25, 0.3) is 0 Å². The van der Waals surface area contributed by atoms with Crippen LogP contribution in [0.15, 0.2) is 29.0 Å². The van der Waals surface area contributed by atoms with E-state index in [0.717, 1.165) is 17.1 Å². The summed E-state index contributed by atoms with van der Waals surface area (Å²) in [5, 5.41) is 7.11. The van der Waals surface area contributed by atoms with E-state index in [1.54, 1.807) is 22.3 Å². The lowest BCUT2D eigenvalue weighted by molar-refractivity contribution is 0.0785. The summed E-state index contributed by atoms with van der Waals surface area (Å²) in [5.41, 5.74) is 2.76. The highest BCUT2D eigenvalue weighted by Gasteiger charge is 2.15. The molecule has 0 aliphatic heterocycles. The van der Waals surface area contributed by atoms with Crippen molar-refractivity contribution in [2.45, 2.75) is 26.3 Å². The molecular formula is C16H21N3OS. The Labute approximate surface area is 129 Å². The van der Waals surface area contributed by atoms with Gasteiger partial charge < -0.3 is 10.2 Å². The number of nitrogens with zero attached hydrogens (tertiary/aromatic N) is 2. The second kappa shape index (κ2) is 6.72. The fourth-order valence-corrected chi connectivity index (χ4v) is 2.71. The molecule has 0 fully saturated rings. The van der Waals surface area contributed by atoms with Gasteiger partial charge in [-0.1, -0.05) is 13.8 Å². The summed E-state index contributed by atoms with van der Waals surface area (Å²) in [7, 11) is 3.64. The molecule has 4 nitrogen and oxygen atoms in total. The number of nitrogens with one attached hydrogen (secondary N) is 1. The highest BCUT2D eigenvalue weighted by atomic mass is 32.1. The number of aromatic nitrogens is 1. The van der Waals surface area contributed by atoms with E-state index >= 15 is 0 Å². The highest BCUT2D eigenvalue weighted by Crippen LogP contribution is 2.19. The summed E-state index contributed by atoms with van der Waals surface area (Å²) in [6.07, 6.45) is 0. The number of rotatable bonds is 5. The number of anilines is 1. The van der Waals surface area contributed by atoms with Crippen LogP contribution in [0.3, 0.4) is 0 Å². The lowest BCUT2D eigenvalue weighted by Gasteiger charge is -2.18. The molecule has 1 amide bonds. The Bertz CT molecular complexity index is 608. The van der Waals surface area contributed by atoms with Crippen molar-refractivity contribution in [3.05, 3.63) is 45.8 Å². The minimum Gasteiger partial charge on any atom is -0.373 e. The molecule has 2 aromatic rings. The predicted molar refractivity (Wildman–Crippen MR) is 88.0 cm³/mol. The molecule has 5 heteroatoms. The van der Waals surface area contributed by atoms with Crippen molar-refractivity contribution >= 4 is 23.1 Å². The largest absolute Gasteiger partial charge is 0.373 e. The van der Waals surface area contributed by atoms with Gasteiger partial charge in [0, 0.05) is 31.9 Å². The maximum absolute atomic E-state index is 12.6. The average molecular weight is 303 g/mol. The molecule has 0 bridgehead atoms. The minimum atomic E-state index is 0.0157. The van der Waals surface area contributed by atoms with Gasteiger partial charge in [-0.2, -0.15) is 11.3 Å². The molecule has 1 N–H and O–H groups in total. The van der Waals surface area contributed by atoms with Gasteiger partial charge in [0.1, 0.15) is 5.82 Å². The fourth-order valence-electron chi connectivity index (χ4n) is 2.05. The Morgan fingerprint density at radius 1 is 1.43 bits per heavy atom. The standard InChI is InChI=1S/C16H21N3OS/c1-11(2)14-7-13(8-15(17-3)18-14)16(20)19(4)9-12-5-6-21-10-12/h5-8,10-11H,9H2,1-4H3,(H,17,18). The van der Waals surface area contributed by atoms with Crippen LogP contribution in [0.2, 0.25) is 0 Å². The van der Waals surface area contributed by atoms with Crippen LogP contribution in [0.5, 0.6) is 0 Å². The summed E-state index contributed by atoms with van der Waals surface area (Å²) >= 11 is 1.64. The quantitative estimate of drug-likeness (QED) is 0.918. The second-order valence-corrected chi connectivity index (χ2v) is 6.14. The fraction of sp³-hybridized carbons (Fsp3) is 0.375. The molecule has 0 saturated heterocycles. The van der Waals surface area contributed by atoms with Gasteiger partial charge in [0.05, 0.1) is 0 Å². The third kappa shape index (κ3) is 3.82. The topological polar surface area (TPSA) is 45.2 Å². The van der Waals surface area contributed by atoms with Crippen molar-refractivity contribution in [1.29, 1.82) is 0 Å². The van der Waals surface area contributed by atoms with Gasteiger partial charge in [-0.15, -0.1) is 0 Å².